The second kappa shape index (κ2) is 13.2. The number of fused-ring (bicyclic) bond motifs is 1. The zero-order valence-electron chi connectivity index (χ0n) is 25.1. The Morgan fingerprint density at radius 1 is 0.957 bits per heavy atom. The average molecular weight is 650 g/mol. The average Bonchev–Trinajstić information content (AvgIpc) is 3.58. The van der Waals surface area contributed by atoms with E-state index in [0.717, 1.165) is 22.8 Å². The predicted octanol–water partition coefficient (Wildman–Crippen LogP) is 5.33. The molecule has 0 spiro atoms. The fourth-order valence-electron chi connectivity index (χ4n) is 5.99. The molecule has 1 aliphatic carbocycles. The predicted molar refractivity (Wildman–Crippen MR) is 165 cm³/mol. The van der Waals surface area contributed by atoms with Crippen LogP contribution in [0.2, 0.25) is 0 Å². The summed E-state index contributed by atoms with van der Waals surface area (Å²) in [6.07, 6.45) is 3.68. The number of amides is 3. The van der Waals surface area contributed by atoms with Gasteiger partial charge in [-0.15, -0.1) is 0 Å². The maximum atomic E-state index is 15.2. The Morgan fingerprint density at radius 2 is 1.68 bits per heavy atom. The number of aliphatic hydroxyl groups is 1. The summed E-state index contributed by atoms with van der Waals surface area (Å²) >= 11 is 0. The Morgan fingerprint density at radius 3 is 2.38 bits per heavy atom. The first-order chi connectivity index (χ1) is 22.6. The minimum absolute atomic E-state index is 0.0544. The summed E-state index contributed by atoms with van der Waals surface area (Å²) in [5.41, 5.74) is -1.60. The van der Waals surface area contributed by atoms with Crippen LogP contribution in [0, 0.1) is 29.3 Å². The SMILES string of the molecule is CCOc1ccn(-c2ccc(F)cc2)c(=O)c1C(=O)Nc1cc(F)c(Oc2ccnc(NC(=O)N3CC4CC(O)C[C@H]4C3)c2)cc1F. The van der Waals surface area contributed by atoms with Crippen molar-refractivity contribution < 1.29 is 37.3 Å². The van der Waals surface area contributed by atoms with Crippen LogP contribution in [0.5, 0.6) is 17.2 Å². The number of rotatable bonds is 8. The number of nitrogens with zero attached hydrogens (tertiary/aromatic N) is 3. The van der Waals surface area contributed by atoms with Gasteiger partial charge in [0.15, 0.2) is 17.4 Å². The molecule has 3 atom stereocenters. The number of carbonyl (C=O) groups is 2. The maximum Gasteiger partial charge on any atom is 0.323 e. The molecular weight excluding hydrogens is 619 g/mol. The number of hydrogen-bond acceptors (Lipinski definition) is 7. The summed E-state index contributed by atoms with van der Waals surface area (Å²) in [5.74, 6) is -3.57. The van der Waals surface area contributed by atoms with Gasteiger partial charge in [-0.05, 0) is 68.0 Å². The van der Waals surface area contributed by atoms with Gasteiger partial charge < -0.3 is 24.8 Å². The monoisotopic (exact) mass is 649 g/mol. The van der Waals surface area contributed by atoms with Gasteiger partial charge in [-0.3, -0.25) is 19.5 Å². The van der Waals surface area contributed by atoms with Gasteiger partial charge >= 0.3 is 6.03 Å². The summed E-state index contributed by atoms with van der Waals surface area (Å²) in [7, 11) is 0. The van der Waals surface area contributed by atoms with Gasteiger partial charge in [0.05, 0.1) is 18.4 Å². The Bertz CT molecular complexity index is 1870. The summed E-state index contributed by atoms with van der Waals surface area (Å²) in [4.78, 5) is 45.1. The summed E-state index contributed by atoms with van der Waals surface area (Å²) in [6, 6.07) is 10.1. The van der Waals surface area contributed by atoms with Gasteiger partial charge in [0.25, 0.3) is 11.5 Å². The number of likely N-dealkylation sites (tertiary alicyclic amines) is 1. The number of halogens is 3. The molecule has 14 heteroatoms. The minimum Gasteiger partial charge on any atom is -0.493 e. The molecule has 11 nitrogen and oxygen atoms in total. The van der Waals surface area contributed by atoms with Crippen molar-refractivity contribution in [2.75, 3.05) is 30.3 Å². The number of ether oxygens (including phenoxy) is 2. The van der Waals surface area contributed by atoms with Gasteiger partial charge in [0, 0.05) is 49.4 Å². The molecule has 1 saturated heterocycles. The number of aliphatic hydroxyl groups excluding tert-OH is 1. The third-order valence-corrected chi connectivity index (χ3v) is 8.16. The van der Waals surface area contributed by atoms with E-state index in [4.69, 9.17) is 9.47 Å². The number of anilines is 2. The zero-order valence-corrected chi connectivity index (χ0v) is 25.1. The molecule has 0 radical (unpaired) electrons. The normalized spacial score (nSPS) is 18.5. The molecule has 2 aromatic heterocycles. The molecule has 1 aliphatic heterocycles. The molecule has 47 heavy (non-hydrogen) atoms. The molecule has 4 aromatic rings. The van der Waals surface area contributed by atoms with Gasteiger partial charge in [-0.25, -0.2) is 22.9 Å². The van der Waals surface area contributed by atoms with E-state index in [1.165, 1.54) is 42.7 Å². The van der Waals surface area contributed by atoms with E-state index < -0.39 is 45.9 Å². The summed E-state index contributed by atoms with van der Waals surface area (Å²) < 4.78 is 55.8. The van der Waals surface area contributed by atoms with Crippen molar-refractivity contribution in [1.82, 2.24) is 14.5 Å². The van der Waals surface area contributed by atoms with E-state index in [9.17, 15) is 23.9 Å². The van der Waals surface area contributed by atoms with Crippen LogP contribution in [0.3, 0.4) is 0 Å². The van der Waals surface area contributed by atoms with E-state index in [1.807, 2.05) is 0 Å². The second-order valence-electron chi connectivity index (χ2n) is 11.3. The van der Waals surface area contributed by atoms with Gasteiger partial charge in [0.2, 0.25) is 0 Å². The first kappa shape index (κ1) is 31.6. The van der Waals surface area contributed by atoms with Crippen molar-refractivity contribution in [2.45, 2.75) is 25.9 Å². The van der Waals surface area contributed by atoms with Crippen LogP contribution in [0.4, 0.5) is 29.5 Å². The van der Waals surface area contributed by atoms with Crippen molar-refractivity contribution in [3.8, 4) is 22.9 Å². The van der Waals surface area contributed by atoms with Gasteiger partial charge in [-0.2, -0.15) is 0 Å². The zero-order chi connectivity index (χ0) is 33.2. The van der Waals surface area contributed by atoms with Crippen molar-refractivity contribution in [2.24, 2.45) is 11.8 Å². The van der Waals surface area contributed by atoms with Crippen molar-refractivity contribution in [3.05, 3.63) is 100 Å². The molecule has 3 heterocycles. The Labute approximate surface area is 266 Å². The van der Waals surface area contributed by atoms with Gasteiger partial charge in [-0.1, -0.05) is 0 Å². The highest BCUT2D eigenvalue weighted by Gasteiger charge is 2.41. The molecule has 0 bridgehead atoms. The van der Waals surface area contributed by atoms with Gasteiger partial charge in [0.1, 0.15) is 28.7 Å². The number of benzene rings is 2. The maximum absolute atomic E-state index is 15.2. The Kier molecular flexibility index (Phi) is 8.85. The number of pyridine rings is 2. The third kappa shape index (κ3) is 6.77. The highest BCUT2D eigenvalue weighted by atomic mass is 19.1. The van der Waals surface area contributed by atoms with Crippen LogP contribution in [0.1, 0.15) is 30.1 Å². The van der Waals surface area contributed by atoms with E-state index in [2.05, 4.69) is 15.6 Å². The standard InChI is InChI=1S/C33H30F3N5O6/c1-2-46-27-8-10-41(21-5-3-20(34)4-6-21)32(44)30(27)31(43)38-26-14-25(36)28(15-24(26)35)47-23-7-9-37-29(13-23)39-33(45)40-16-18-11-22(42)12-19(18)17-40/h3-10,13-15,18-19,22,42H,2,11-12,16-17H2,1H3,(H,38,43)(H,37,39,45)/t18-,19?,22?/m0/s1. The molecule has 3 N–H and O–H groups in total. The molecule has 2 aromatic carbocycles. The largest absolute Gasteiger partial charge is 0.493 e. The fourth-order valence-corrected chi connectivity index (χ4v) is 5.99. The van der Waals surface area contributed by atoms with E-state index in [0.29, 0.717) is 32.0 Å². The molecule has 244 valence electrons. The molecule has 3 amide bonds. The van der Waals surface area contributed by atoms with Crippen molar-refractivity contribution in [3.63, 3.8) is 0 Å². The van der Waals surface area contributed by atoms with Crippen LogP contribution in [-0.2, 0) is 0 Å². The van der Waals surface area contributed by atoms with Crippen molar-refractivity contribution >= 4 is 23.4 Å². The Hall–Kier alpha value is -5.37. The third-order valence-electron chi connectivity index (χ3n) is 8.16. The van der Waals surface area contributed by atoms with E-state index in [1.54, 1.807) is 11.8 Å². The van der Waals surface area contributed by atoms with Crippen LogP contribution < -0.4 is 25.7 Å². The lowest BCUT2D eigenvalue weighted by molar-refractivity contribution is 0.102. The molecular formula is C33H30F3N5O6. The first-order valence-corrected chi connectivity index (χ1v) is 14.9. The van der Waals surface area contributed by atoms with Crippen molar-refractivity contribution in [1.29, 1.82) is 0 Å². The highest BCUT2D eigenvalue weighted by molar-refractivity contribution is 6.06. The second-order valence-corrected chi connectivity index (χ2v) is 11.3. The van der Waals surface area contributed by atoms with Crippen LogP contribution >= 0.6 is 0 Å². The quantitative estimate of drug-likeness (QED) is 0.235. The van der Waals surface area contributed by atoms with E-state index in [-0.39, 0.29) is 53.6 Å². The van der Waals surface area contributed by atoms with Crippen LogP contribution in [0.15, 0.2) is 71.8 Å². The minimum atomic E-state index is -1.06. The van der Waals surface area contributed by atoms with E-state index >= 15 is 8.78 Å². The van der Waals surface area contributed by atoms with Crippen LogP contribution in [-0.4, -0.2) is 57.3 Å². The first-order valence-electron chi connectivity index (χ1n) is 14.9. The topological polar surface area (TPSA) is 135 Å². The highest BCUT2D eigenvalue weighted by Crippen LogP contribution is 2.38. The molecule has 6 rings (SSSR count). The number of hydrogen-bond donors (Lipinski definition) is 3. The number of urea groups is 1. The lowest BCUT2D eigenvalue weighted by Crippen LogP contribution is -2.34. The molecule has 2 unspecified atom stereocenters. The summed E-state index contributed by atoms with van der Waals surface area (Å²) in [6.45, 7) is 2.81. The Balaban J connectivity index is 1.16. The molecule has 2 aliphatic rings. The fraction of sp³-hybridized carbons (Fsp3) is 0.273. The number of nitrogens with one attached hydrogen (secondary N) is 2. The lowest BCUT2D eigenvalue weighted by atomic mass is 10.0. The summed E-state index contributed by atoms with van der Waals surface area (Å²) in [5, 5.41) is 14.7. The molecule has 2 fully saturated rings. The number of carbonyl (C=O) groups excluding carboxylic acids is 2. The lowest BCUT2D eigenvalue weighted by Gasteiger charge is -2.18. The number of aromatic nitrogens is 2. The smallest absolute Gasteiger partial charge is 0.323 e. The molecule has 1 saturated carbocycles. The van der Waals surface area contributed by atoms with Crippen LogP contribution in [0.25, 0.3) is 5.69 Å².